The minimum Gasteiger partial charge on any atom is -0.459 e. The lowest BCUT2D eigenvalue weighted by atomic mass is 10.2. The topological polar surface area (TPSA) is 85.8 Å². The van der Waals surface area contributed by atoms with Gasteiger partial charge in [-0.3, -0.25) is 4.79 Å². The molecule has 0 unspecified atom stereocenters. The van der Waals surface area contributed by atoms with Crippen molar-refractivity contribution in [2.75, 3.05) is 5.75 Å². The van der Waals surface area contributed by atoms with Crippen LogP contribution in [0.5, 0.6) is 0 Å². The van der Waals surface area contributed by atoms with E-state index in [1.54, 1.807) is 4.68 Å². The Morgan fingerprint density at radius 3 is 2.85 bits per heavy atom. The fourth-order valence-electron chi connectivity index (χ4n) is 2.44. The van der Waals surface area contributed by atoms with E-state index in [1.807, 2.05) is 36.4 Å². The number of carbonyl (C=O) groups is 1. The molecule has 1 amide bonds. The van der Waals surface area contributed by atoms with Crippen molar-refractivity contribution in [1.29, 1.82) is 0 Å². The zero-order valence-electron chi connectivity index (χ0n) is 13.8. The monoisotopic (exact) mass is 389 g/mol. The standard InChI is InChI=1S/C17H16ClN5O2S/c18-12-3-1-11(2-4-12)15-8-7-14(25-15)9-19-16(24)10-26-17-20-21-22-23(17)13-5-6-13/h1-4,7-8,13H,5-6,9-10H2,(H,19,24). The van der Waals surface area contributed by atoms with Crippen LogP contribution in [-0.2, 0) is 11.3 Å². The first-order chi connectivity index (χ1) is 12.7. The molecule has 134 valence electrons. The largest absolute Gasteiger partial charge is 0.459 e. The third kappa shape index (κ3) is 4.08. The maximum atomic E-state index is 12.1. The molecule has 2 aromatic heterocycles. The summed E-state index contributed by atoms with van der Waals surface area (Å²) in [7, 11) is 0. The predicted molar refractivity (Wildman–Crippen MR) is 97.8 cm³/mol. The van der Waals surface area contributed by atoms with E-state index in [4.69, 9.17) is 16.0 Å². The van der Waals surface area contributed by atoms with Gasteiger partial charge in [0.1, 0.15) is 11.5 Å². The number of rotatable bonds is 7. The summed E-state index contributed by atoms with van der Waals surface area (Å²) in [4.78, 5) is 12.1. The number of hydrogen-bond acceptors (Lipinski definition) is 6. The van der Waals surface area contributed by atoms with Gasteiger partial charge < -0.3 is 9.73 Å². The first kappa shape index (κ1) is 17.1. The molecule has 26 heavy (non-hydrogen) atoms. The summed E-state index contributed by atoms with van der Waals surface area (Å²) in [6.07, 6.45) is 2.19. The molecule has 1 aromatic carbocycles. The van der Waals surface area contributed by atoms with Crippen molar-refractivity contribution >= 4 is 29.3 Å². The Balaban J connectivity index is 1.28. The summed E-state index contributed by atoms with van der Waals surface area (Å²) in [6.45, 7) is 0.334. The van der Waals surface area contributed by atoms with E-state index in [0.29, 0.717) is 28.5 Å². The molecule has 1 aliphatic carbocycles. The van der Waals surface area contributed by atoms with Crippen molar-refractivity contribution in [3.8, 4) is 11.3 Å². The summed E-state index contributed by atoms with van der Waals surface area (Å²) in [5.41, 5.74) is 0.939. The number of tetrazole rings is 1. The fraction of sp³-hybridized carbons (Fsp3) is 0.294. The molecule has 1 fully saturated rings. The summed E-state index contributed by atoms with van der Waals surface area (Å²) in [6, 6.07) is 11.5. The first-order valence-electron chi connectivity index (χ1n) is 8.21. The highest BCUT2D eigenvalue weighted by molar-refractivity contribution is 7.99. The fourth-order valence-corrected chi connectivity index (χ4v) is 3.34. The van der Waals surface area contributed by atoms with Gasteiger partial charge in [-0.2, -0.15) is 0 Å². The zero-order valence-corrected chi connectivity index (χ0v) is 15.3. The van der Waals surface area contributed by atoms with Gasteiger partial charge in [0, 0.05) is 10.6 Å². The second kappa shape index (κ2) is 7.51. The van der Waals surface area contributed by atoms with E-state index in [2.05, 4.69) is 20.8 Å². The van der Waals surface area contributed by atoms with Gasteiger partial charge in [0.05, 0.1) is 18.3 Å². The lowest BCUT2D eigenvalue weighted by Gasteiger charge is -2.04. The first-order valence-corrected chi connectivity index (χ1v) is 9.57. The quantitative estimate of drug-likeness (QED) is 0.624. The van der Waals surface area contributed by atoms with Crippen LogP contribution in [0.2, 0.25) is 5.02 Å². The SMILES string of the molecule is O=C(CSc1nnnn1C1CC1)NCc1ccc(-c2ccc(Cl)cc2)o1. The molecule has 1 N–H and O–H groups in total. The summed E-state index contributed by atoms with van der Waals surface area (Å²) >= 11 is 7.23. The molecule has 2 heterocycles. The normalized spacial score (nSPS) is 13.7. The molecule has 9 heteroatoms. The molecule has 7 nitrogen and oxygen atoms in total. The van der Waals surface area contributed by atoms with Crippen molar-refractivity contribution in [2.45, 2.75) is 30.6 Å². The predicted octanol–water partition coefficient (Wildman–Crippen LogP) is 3.33. The Bertz CT molecular complexity index is 904. The maximum absolute atomic E-state index is 12.1. The molecule has 0 saturated heterocycles. The van der Waals surface area contributed by atoms with Crippen molar-refractivity contribution in [2.24, 2.45) is 0 Å². The van der Waals surface area contributed by atoms with Gasteiger partial charge in [0.2, 0.25) is 11.1 Å². The van der Waals surface area contributed by atoms with Crippen LogP contribution in [0.25, 0.3) is 11.3 Å². The van der Waals surface area contributed by atoms with Gasteiger partial charge in [-0.25, -0.2) is 4.68 Å². The number of nitrogens with zero attached hydrogens (tertiary/aromatic N) is 4. The number of nitrogens with one attached hydrogen (secondary N) is 1. The smallest absolute Gasteiger partial charge is 0.230 e. The van der Waals surface area contributed by atoms with Crippen LogP contribution < -0.4 is 5.32 Å². The van der Waals surface area contributed by atoms with E-state index < -0.39 is 0 Å². The molecule has 0 aliphatic heterocycles. The highest BCUT2D eigenvalue weighted by atomic mass is 35.5. The average Bonchev–Trinajstić information content (AvgIpc) is 3.19. The lowest BCUT2D eigenvalue weighted by molar-refractivity contribution is -0.118. The van der Waals surface area contributed by atoms with Gasteiger partial charge in [0.25, 0.3) is 0 Å². The summed E-state index contributed by atoms with van der Waals surface area (Å²) in [5.74, 6) is 1.60. The van der Waals surface area contributed by atoms with E-state index in [-0.39, 0.29) is 11.7 Å². The Morgan fingerprint density at radius 1 is 1.27 bits per heavy atom. The minimum atomic E-state index is -0.0928. The lowest BCUT2D eigenvalue weighted by Crippen LogP contribution is -2.24. The number of benzene rings is 1. The van der Waals surface area contributed by atoms with Gasteiger partial charge >= 0.3 is 0 Å². The van der Waals surface area contributed by atoms with Crippen LogP contribution in [0, 0.1) is 0 Å². The van der Waals surface area contributed by atoms with Crippen molar-refractivity contribution < 1.29 is 9.21 Å². The highest BCUT2D eigenvalue weighted by Gasteiger charge is 2.28. The second-order valence-corrected chi connectivity index (χ2v) is 7.35. The van der Waals surface area contributed by atoms with E-state index in [1.165, 1.54) is 11.8 Å². The van der Waals surface area contributed by atoms with Gasteiger partial charge in [-0.05, 0) is 59.7 Å². The molecule has 3 aromatic rings. The maximum Gasteiger partial charge on any atom is 0.230 e. The molecular formula is C17H16ClN5O2S. The van der Waals surface area contributed by atoms with E-state index >= 15 is 0 Å². The van der Waals surface area contributed by atoms with Crippen molar-refractivity contribution in [3.63, 3.8) is 0 Å². The van der Waals surface area contributed by atoms with Gasteiger partial charge in [0.15, 0.2) is 0 Å². The van der Waals surface area contributed by atoms with Crippen molar-refractivity contribution in [1.82, 2.24) is 25.5 Å². The van der Waals surface area contributed by atoms with Gasteiger partial charge in [-0.15, -0.1) is 5.10 Å². The molecule has 1 aliphatic rings. The molecule has 0 radical (unpaired) electrons. The Labute approximate surface area is 159 Å². The minimum absolute atomic E-state index is 0.0928. The number of furan rings is 1. The molecule has 0 atom stereocenters. The molecule has 0 bridgehead atoms. The number of amides is 1. The Kier molecular flexibility index (Phi) is 4.94. The van der Waals surface area contributed by atoms with Crippen molar-refractivity contribution in [3.05, 3.63) is 47.2 Å². The third-order valence-electron chi connectivity index (χ3n) is 3.94. The molecule has 4 rings (SSSR count). The highest BCUT2D eigenvalue weighted by Crippen LogP contribution is 2.36. The van der Waals surface area contributed by atoms with E-state index in [0.717, 1.165) is 24.2 Å². The molecule has 0 spiro atoms. The third-order valence-corrected chi connectivity index (χ3v) is 5.12. The van der Waals surface area contributed by atoms with E-state index in [9.17, 15) is 4.79 Å². The van der Waals surface area contributed by atoms with Crippen LogP contribution in [-0.4, -0.2) is 31.9 Å². The number of carbonyl (C=O) groups excluding carboxylic acids is 1. The van der Waals surface area contributed by atoms with Crippen LogP contribution >= 0.6 is 23.4 Å². The van der Waals surface area contributed by atoms with Crippen LogP contribution in [0.1, 0.15) is 24.6 Å². The Hall–Kier alpha value is -2.32. The molecular weight excluding hydrogens is 374 g/mol. The van der Waals surface area contributed by atoms with Gasteiger partial charge in [-0.1, -0.05) is 23.4 Å². The molecule has 1 saturated carbocycles. The summed E-state index contributed by atoms with van der Waals surface area (Å²) in [5, 5.41) is 15.8. The average molecular weight is 390 g/mol. The number of thioether (sulfide) groups is 1. The second-order valence-electron chi connectivity index (χ2n) is 5.98. The van der Waals surface area contributed by atoms with Crippen LogP contribution in [0.15, 0.2) is 46.0 Å². The Morgan fingerprint density at radius 2 is 2.08 bits per heavy atom. The van der Waals surface area contributed by atoms with Crippen LogP contribution in [0.4, 0.5) is 0 Å². The van der Waals surface area contributed by atoms with Crippen LogP contribution in [0.3, 0.4) is 0 Å². The number of hydrogen-bond donors (Lipinski definition) is 1. The number of aromatic nitrogens is 4. The zero-order chi connectivity index (χ0) is 17.9. The summed E-state index contributed by atoms with van der Waals surface area (Å²) < 4.78 is 7.56. The number of halogens is 1.